The number of sulfonamides is 1. The van der Waals surface area contributed by atoms with Crippen molar-refractivity contribution >= 4 is 27.3 Å². The lowest BCUT2D eigenvalue weighted by Gasteiger charge is -2.12. The summed E-state index contributed by atoms with van der Waals surface area (Å²) in [5.41, 5.74) is 0. The van der Waals surface area contributed by atoms with Crippen LogP contribution in [0.15, 0.2) is 40.9 Å². The van der Waals surface area contributed by atoms with E-state index in [1.165, 1.54) is 23.6 Å². The lowest BCUT2D eigenvalue weighted by atomic mass is 10.3. The van der Waals surface area contributed by atoms with E-state index in [4.69, 9.17) is 5.11 Å². The first-order chi connectivity index (χ1) is 8.90. The van der Waals surface area contributed by atoms with E-state index in [2.05, 4.69) is 4.72 Å². The summed E-state index contributed by atoms with van der Waals surface area (Å²) in [4.78, 5) is 11.7. The molecule has 2 heterocycles. The van der Waals surface area contributed by atoms with Crippen LogP contribution < -0.4 is 4.72 Å². The molecule has 0 amide bonds. The number of carboxylic acids is 1. The number of carbonyl (C=O) groups is 1. The minimum atomic E-state index is -3.85. The van der Waals surface area contributed by atoms with Crippen molar-refractivity contribution in [3.05, 3.63) is 40.8 Å². The standard InChI is InChI=1S/C11H12N2O4S2/c1-13-5-4-8(7-13)19(16,17)12-10(11(14)15)9-3-2-6-18-9/h2-7,10,12H,1H3,(H,14,15). The van der Waals surface area contributed by atoms with Crippen LogP contribution in [0, 0.1) is 0 Å². The molecule has 102 valence electrons. The van der Waals surface area contributed by atoms with E-state index in [-0.39, 0.29) is 4.90 Å². The molecule has 0 aliphatic carbocycles. The zero-order chi connectivity index (χ0) is 14.0. The van der Waals surface area contributed by atoms with Gasteiger partial charge in [-0.05, 0) is 17.5 Å². The number of nitrogens with one attached hydrogen (secondary N) is 1. The molecule has 0 aliphatic heterocycles. The SMILES string of the molecule is Cn1ccc(S(=O)(=O)NC(C(=O)O)c2cccs2)c1. The third-order valence-electron chi connectivity index (χ3n) is 2.46. The Morgan fingerprint density at radius 3 is 2.68 bits per heavy atom. The highest BCUT2D eigenvalue weighted by atomic mass is 32.2. The van der Waals surface area contributed by atoms with Gasteiger partial charge in [-0.15, -0.1) is 11.3 Å². The van der Waals surface area contributed by atoms with Gasteiger partial charge in [0.25, 0.3) is 0 Å². The van der Waals surface area contributed by atoms with Gasteiger partial charge < -0.3 is 9.67 Å². The van der Waals surface area contributed by atoms with Crippen LogP contribution in [0.25, 0.3) is 0 Å². The number of aryl methyl sites for hydroxylation is 1. The topological polar surface area (TPSA) is 88.4 Å². The lowest BCUT2D eigenvalue weighted by molar-refractivity contribution is -0.139. The highest BCUT2D eigenvalue weighted by Crippen LogP contribution is 2.22. The number of hydrogen-bond acceptors (Lipinski definition) is 4. The van der Waals surface area contributed by atoms with Gasteiger partial charge in [0.05, 0.1) is 4.90 Å². The van der Waals surface area contributed by atoms with Gasteiger partial charge in [-0.2, -0.15) is 4.72 Å². The molecule has 2 aromatic rings. The van der Waals surface area contributed by atoms with E-state index in [0.717, 1.165) is 0 Å². The Balaban J connectivity index is 2.30. The predicted octanol–water partition coefficient (Wildman–Crippen LogP) is 1.19. The zero-order valence-corrected chi connectivity index (χ0v) is 11.6. The molecule has 0 aliphatic rings. The van der Waals surface area contributed by atoms with Gasteiger partial charge in [0, 0.05) is 24.3 Å². The molecule has 0 saturated heterocycles. The normalized spacial score (nSPS) is 13.3. The van der Waals surface area contributed by atoms with E-state index in [0.29, 0.717) is 4.88 Å². The van der Waals surface area contributed by atoms with Crippen molar-refractivity contribution < 1.29 is 18.3 Å². The Kier molecular flexibility index (Phi) is 3.74. The second-order valence-corrected chi connectivity index (χ2v) is 6.61. The highest BCUT2D eigenvalue weighted by Gasteiger charge is 2.27. The van der Waals surface area contributed by atoms with E-state index in [1.807, 2.05) is 0 Å². The summed E-state index contributed by atoms with van der Waals surface area (Å²) in [6.45, 7) is 0. The molecule has 0 saturated carbocycles. The second-order valence-electron chi connectivity index (χ2n) is 3.92. The van der Waals surface area contributed by atoms with Crippen molar-refractivity contribution in [2.24, 2.45) is 7.05 Å². The van der Waals surface area contributed by atoms with Crippen LogP contribution in [0.2, 0.25) is 0 Å². The number of thiophene rings is 1. The molecule has 19 heavy (non-hydrogen) atoms. The Labute approximate surface area is 114 Å². The fourth-order valence-corrected chi connectivity index (χ4v) is 3.61. The fraction of sp³-hybridized carbons (Fsp3) is 0.182. The smallest absolute Gasteiger partial charge is 0.327 e. The number of aromatic nitrogens is 1. The molecule has 1 atom stereocenters. The number of hydrogen-bond donors (Lipinski definition) is 2. The summed E-state index contributed by atoms with van der Waals surface area (Å²) in [6.07, 6.45) is 2.99. The number of rotatable bonds is 5. The number of aliphatic carboxylic acids is 1. The van der Waals surface area contributed by atoms with E-state index >= 15 is 0 Å². The quantitative estimate of drug-likeness (QED) is 0.868. The molecular formula is C11H12N2O4S2. The minimum Gasteiger partial charge on any atom is -0.480 e. The van der Waals surface area contributed by atoms with E-state index in [1.54, 1.807) is 35.3 Å². The molecular weight excluding hydrogens is 288 g/mol. The highest BCUT2D eigenvalue weighted by molar-refractivity contribution is 7.89. The average Bonchev–Trinajstić information content (AvgIpc) is 2.96. The zero-order valence-electron chi connectivity index (χ0n) is 9.98. The Hall–Kier alpha value is -1.64. The van der Waals surface area contributed by atoms with Crippen LogP contribution in [-0.4, -0.2) is 24.1 Å². The summed E-state index contributed by atoms with van der Waals surface area (Å²) >= 11 is 1.19. The fourth-order valence-electron chi connectivity index (χ4n) is 1.55. The molecule has 6 nitrogen and oxygen atoms in total. The van der Waals surface area contributed by atoms with E-state index in [9.17, 15) is 13.2 Å². The summed E-state index contributed by atoms with van der Waals surface area (Å²) in [6, 6.07) is 3.39. The molecule has 0 radical (unpaired) electrons. The van der Waals surface area contributed by atoms with Crippen molar-refractivity contribution in [3.8, 4) is 0 Å². The first-order valence-electron chi connectivity index (χ1n) is 5.30. The number of nitrogens with zero attached hydrogens (tertiary/aromatic N) is 1. The largest absolute Gasteiger partial charge is 0.480 e. The Morgan fingerprint density at radius 2 is 2.21 bits per heavy atom. The maximum Gasteiger partial charge on any atom is 0.327 e. The Morgan fingerprint density at radius 1 is 1.47 bits per heavy atom. The molecule has 0 aromatic carbocycles. The van der Waals surface area contributed by atoms with Crippen LogP contribution >= 0.6 is 11.3 Å². The van der Waals surface area contributed by atoms with Crippen molar-refractivity contribution in [3.63, 3.8) is 0 Å². The maximum atomic E-state index is 12.1. The van der Waals surface area contributed by atoms with Crippen LogP contribution in [0.1, 0.15) is 10.9 Å². The second kappa shape index (κ2) is 5.16. The lowest BCUT2D eigenvalue weighted by Crippen LogP contribution is -2.33. The van der Waals surface area contributed by atoms with Crippen molar-refractivity contribution in [1.82, 2.24) is 9.29 Å². The van der Waals surface area contributed by atoms with Crippen molar-refractivity contribution in [1.29, 1.82) is 0 Å². The van der Waals surface area contributed by atoms with Crippen LogP contribution in [-0.2, 0) is 21.9 Å². The van der Waals surface area contributed by atoms with Gasteiger partial charge in [0.2, 0.25) is 10.0 Å². The van der Waals surface area contributed by atoms with Gasteiger partial charge in [0.15, 0.2) is 6.04 Å². The van der Waals surface area contributed by atoms with Crippen LogP contribution in [0.5, 0.6) is 0 Å². The average molecular weight is 300 g/mol. The third kappa shape index (κ3) is 3.03. The van der Waals surface area contributed by atoms with Gasteiger partial charge in [-0.1, -0.05) is 6.07 Å². The van der Waals surface area contributed by atoms with Gasteiger partial charge >= 0.3 is 5.97 Å². The van der Waals surface area contributed by atoms with Gasteiger partial charge in [0.1, 0.15) is 0 Å². The van der Waals surface area contributed by atoms with Crippen LogP contribution in [0.3, 0.4) is 0 Å². The molecule has 1 unspecified atom stereocenters. The van der Waals surface area contributed by atoms with Crippen molar-refractivity contribution in [2.45, 2.75) is 10.9 Å². The molecule has 0 spiro atoms. The monoisotopic (exact) mass is 300 g/mol. The summed E-state index contributed by atoms with van der Waals surface area (Å²) in [5, 5.41) is 10.8. The summed E-state index contributed by atoms with van der Waals surface area (Å²) in [5.74, 6) is -1.23. The predicted molar refractivity (Wildman–Crippen MR) is 70.4 cm³/mol. The minimum absolute atomic E-state index is 0.0396. The van der Waals surface area contributed by atoms with Gasteiger partial charge in [-0.25, -0.2) is 8.42 Å². The van der Waals surface area contributed by atoms with Crippen LogP contribution in [0.4, 0.5) is 0 Å². The molecule has 2 rings (SSSR count). The first-order valence-corrected chi connectivity index (χ1v) is 7.67. The van der Waals surface area contributed by atoms with E-state index < -0.39 is 22.0 Å². The van der Waals surface area contributed by atoms with Gasteiger partial charge in [-0.3, -0.25) is 4.79 Å². The molecule has 0 bridgehead atoms. The summed E-state index contributed by atoms with van der Waals surface area (Å²) in [7, 11) is -2.17. The Bertz CT molecular complexity index is 673. The molecule has 2 N–H and O–H groups in total. The maximum absolute atomic E-state index is 12.1. The van der Waals surface area contributed by atoms with Crippen molar-refractivity contribution in [2.75, 3.05) is 0 Å². The number of carboxylic acid groups (broad SMARTS) is 1. The first kappa shape index (κ1) is 13.8. The summed E-state index contributed by atoms with van der Waals surface area (Å²) < 4.78 is 27.9. The third-order valence-corrected chi connectivity index (χ3v) is 4.81. The molecule has 0 fully saturated rings. The molecule has 8 heteroatoms. The molecule has 2 aromatic heterocycles.